The molecule has 0 bridgehead atoms. The summed E-state index contributed by atoms with van der Waals surface area (Å²) in [6, 6.07) is 2.50. The van der Waals surface area contributed by atoms with E-state index in [1.807, 2.05) is 0 Å². The average molecular weight is 221 g/mol. The Morgan fingerprint density at radius 3 is 2.56 bits per heavy atom. The van der Waals surface area contributed by atoms with E-state index in [2.05, 4.69) is 6.07 Å². The van der Waals surface area contributed by atoms with Crippen LogP contribution < -0.4 is 0 Å². The van der Waals surface area contributed by atoms with Crippen molar-refractivity contribution < 1.29 is 9.47 Å². The molecule has 2 saturated carbocycles. The number of nitriles is 1. The molecule has 1 spiro atoms. The van der Waals surface area contributed by atoms with Crippen molar-refractivity contribution in [1.82, 2.24) is 0 Å². The minimum atomic E-state index is -0.269. The molecule has 0 aromatic heterocycles. The van der Waals surface area contributed by atoms with Gasteiger partial charge in [0.1, 0.15) is 0 Å². The SMILES string of the molecule is N#CC1(CC2CCCC3(C2)OCCO3)CC1. The van der Waals surface area contributed by atoms with Crippen molar-refractivity contribution in [2.45, 2.75) is 50.7 Å². The van der Waals surface area contributed by atoms with Gasteiger partial charge in [0.05, 0.1) is 24.7 Å². The Morgan fingerprint density at radius 2 is 1.94 bits per heavy atom. The summed E-state index contributed by atoms with van der Waals surface area (Å²) in [5.41, 5.74) is 0.0296. The summed E-state index contributed by atoms with van der Waals surface area (Å²) in [6.07, 6.45) is 7.77. The van der Waals surface area contributed by atoms with Crippen molar-refractivity contribution in [3.63, 3.8) is 0 Å². The van der Waals surface area contributed by atoms with Crippen LogP contribution in [0.4, 0.5) is 0 Å². The van der Waals surface area contributed by atoms with Crippen molar-refractivity contribution in [1.29, 1.82) is 5.26 Å². The second-order valence-corrected chi connectivity index (χ2v) is 5.67. The lowest BCUT2D eigenvalue weighted by atomic mass is 9.79. The van der Waals surface area contributed by atoms with Crippen LogP contribution in [-0.4, -0.2) is 19.0 Å². The Balaban J connectivity index is 1.62. The summed E-state index contributed by atoms with van der Waals surface area (Å²) in [4.78, 5) is 0. The van der Waals surface area contributed by atoms with Crippen LogP contribution in [0.5, 0.6) is 0 Å². The van der Waals surface area contributed by atoms with E-state index in [0.29, 0.717) is 5.92 Å². The predicted molar refractivity (Wildman–Crippen MR) is 58.5 cm³/mol. The molecule has 1 heterocycles. The number of ether oxygens (including phenoxy) is 2. The molecule has 1 atom stereocenters. The quantitative estimate of drug-likeness (QED) is 0.719. The molecule has 3 rings (SSSR count). The largest absolute Gasteiger partial charge is 0.348 e. The van der Waals surface area contributed by atoms with E-state index in [0.717, 1.165) is 45.3 Å². The van der Waals surface area contributed by atoms with E-state index < -0.39 is 0 Å². The number of nitrogens with zero attached hydrogens (tertiary/aromatic N) is 1. The van der Waals surface area contributed by atoms with Crippen LogP contribution in [0.15, 0.2) is 0 Å². The van der Waals surface area contributed by atoms with E-state index in [1.54, 1.807) is 0 Å². The zero-order chi connectivity index (χ0) is 11.1. The van der Waals surface area contributed by atoms with Crippen molar-refractivity contribution in [2.75, 3.05) is 13.2 Å². The molecule has 0 radical (unpaired) electrons. The molecule has 3 nitrogen and oxygen atoms in total. The van der Waals surface area contributed by atoms with E-state index in [-0.39, 0.29) is 11.2 Å². The molecule has 2 aliphatic carbocycles. The van der Waals surface area contributed by atoms with Gasteiger partial charge in [-0.3, -0.25) is 0 Å². The highest BCUT2D eigenvalue weighted by Crippen LogP contribution is 2.53. The van der Waals surface area contributed by atoms with Gasteiger partial charge >= 0.3 is 0 Å². The lowest BCUT2D eigenvalue weighted by Gasteiger charge is -2.36. The Hall–Kier alpha value is -0.590. The molecule has 1 saturated heterocycles. The maximum Gasteiger partial charge on any atom is 0.168 e. The molecule has 88 valence electrons. The Bertz CT molecular complexity index is 310. The van der Waals surface area contributed by atoms with Crippen LogP contribution in [0.1, 0.15) is 44.9 Å². The summed E-state index contributed by atoms with van der Waals surface area (Å²) in [5, 5.41) is 9.13. The van der Waals surface area contributed by atoms with Gasteiger partial charge in [-0.15, -0.1) is 0 Å². The molecule has 0 aromatic rings. The molecule has 1 unspecified atom stereocenters. The topological polar surface area (TPSA) is 42.2 Å². The van der Waals surface area contributed by atoms with Gasteiger partial charge in [0.2, 0.25) is 0 Å². The van der Waals surface area contributed by atoms with Gasteiger partial charge in [-0.25, -0.2) is 0 Å². The van der Waals surface area contributed by atoms with Crippen molar-refractivity contribution >= 4 is 0 Å². The molecule has 3 heteroatoms. The van der Waals surface area contributed by atoms with Crippen LogP contribution in [0.3, 0.4) is 0 Å². The summed E-state index contributed by atoms with van der Waals surface area (Å²) >= 11 is 0. The fourth-order valence-electron chi connectivity index (χ4n) is 3.30. The second kappa shape index (κ2) is 3.72. The van der Waals surface area contributed by atoms with Crippen LogP contribution in [0.2, 0.25) is 0 Å². The van der Waals surface area contributed by atoms with Crippen LogP contribution >= 0.6 is 0 Å². The van der Waals surface area contributed by atoms with Gasteiger partial charge in [0.25, 0.3) is 0 Å². The van der Waals surface area contributed by atoms with Crippen LogP contribution in [-0.2, 0) is 9.47 Å². The first-order valence-corrected chi connectivity index (χ1v) is 6.45. The van der Waals surface area contributed by atoms with Crippen molar-refractivity contribution in [3.8, 4) is 6.07 Å². The van der Waals surface area contributed by atoms with Gasteiger partial charge < -0.3 is 9.47 Å². The summed E-state index contributed by atoms with van der Waals surface area (Å²) in [5.74, 6) is 0.364. The van der Waals surface area contributed by atoms with E-state index in [1.165, 1.54) is 12.8 Å². The zero-order valence-electron chi connectivity index (χ0n) is 9.71. The normalized spacial score (nSPS) is 34.8. The lowest BCUT2D eigenvalue weighted by molar-refractivity contribution is -0.188. The highest BCUT2D eigenvalue weighted by Gasteiger charge is 2.48. The monoisotopic (exact) mass is 221 g/mol. The first kappa shape index (κ1) is 10.6. The molecular weight excluding hydrogens is 202 g/mol. The Kier molecular flexibility index (Phi) is 2.45. The molecule has 3 fully saturated rings. The average Bonchev–Trinajstić information content (AvgIpc) is 2.93. The molecule has 16 heavy (non-hydrogen) atoms. The first-order chi connectivity index (χ1) is 7.76. The standard InChI is InChI=1S/C13H19NO2/c14-10-12(4-5-12)8-11-2-1-3-13(9-11)15-6-7-16-13/h11H,1-9H2. The summed E-state index contributed by atoms with van der Waals surface area (Å²) < 4.78 is 11.6. The van der Waals surface area contributed by atoms with Gasteiger partial charge in [-0.2, -0.15) is 5.26 Å². The number of hydrogen-bond acceptors (Lipinski definition) is 3. The minimum absolute atomic E-state index is 0.0296. The third-order valence-electron chi connectivity index (χ3n) is 4.35. The van der Waals surface area contributed by atoms with Crippen molar-refractivity contribution in [2.24, 2.45) is 11.3 Å². The summed E-state index contributed by atoms with van der Waals surface area (Å²) in [6.45, 7) is 1.49. The fourth-order valence-corrected chi connectivity index (χ4v) is 3.30. The van der Waals surface area contributed by atoms with E-state index >= 15 is 0 Å². The van der Waals surface area contributed by atoms with Gasteiger partial charge in [0.15, 0.2) is 5.79 Å². The maximum absolute atomic E-state index is 9.13. The van der Waals surface area contributed by atoms with E-state index in [9.17, 15) is 0 Å². The Morgan fingerprint density at radius 1 is 1.19 bits per heavy atom. The third-order valence-corrected chi connectivity index (χ3v) is 4.35. The third kappa shape index (κ3) is 1.85. The zero-order valence-corrected chi connectivity index (χ0v) is 9.71. The Labute approximate surface area is 96.7 Å². The van der Waals surface area contributed by atoms with Gasteiger partial charge in [0, 0.05) is 12.8 Å². The number of rotatable bonds is 2. The van der Waals surface area contributed by atoms with Gasteiger partial charge in [-0.1, -0.05) is 0 Å². The second-order valence-electron chi connectivity index (χ2n) is 5.67. The fraction of sp³-hybridized carbons (Fsp3) is 0.923. The van der Waals surface area contributed by atoms with Gasteiger partial charge in [-0.05, 0) is 38.0 Å². The molecule has 0 amide bonds. The molecular formula is C13H19NO2. The molecule has 0 N–H and O–H groups in total. The van der Waals surface area contributed by atoms with Crippen LogP contribution in [0, 0.1) is 22.7 Å². The van der Waals surface area contributed by atoms with Crippen LogP contribution in [0.25, 0.3) is 0 Å². The van der Waals surface area contributed by atoms with E-state index in [4.69, 9.17) is 14.7 Å². The lowest BCUT2D eigenvalue weighted by Crippen LogP contribution is -2.37. The summed E-state index contributed by atoms with van der Waals surface area (Å²) in [7, 11) is 0. The smallest absolute Gasteiger partial charge is 0.168 e. The molecule has 1 aliphatic heterocycles. The maximum atomic E-state index is 9.13. The highest BCUT2D eigenvalue weighted by atomic mass is 16.7. The predicted octanol–water partition coefficient (Wildman–Crippen LogP) is 2.61. The first-order valence-electron chi connectivity index (χ1n) is 6.45. The molecule has 0 aromatic carbocycles. The van der Waals surface area contributed by atoms with Crippen molar-refractivity contribution in [3.05, 3.63) is 0 Å². The highest BCUT2D eigenvalue weighted by molar-refractivity contribution is 5.10. The number of hydrogen-bond donors (Lipinski definition) is 0. The minimum Gasteiger partial charge on any atom is -0.348 e. The molecule has 3 aliphatic rings.